The number of ether oxygens (including phenoxy) is 2. The Balaban J connectivity index is 2.25. The molecule has 20 heavy (non-hydrogen) atoms. The lowest BCUT2D eigenvalue weighted by Gasteiger charge is -2.23. The van der Waals surface area contributed by atoms with Gasteiger partial charge in [0.05, 0.1) is 18.1 Å². The van der Waals surface area contributed by atoms with Crippen molar-refractivity contribution in [2.24, 2.45) is 7.05 Å². The lowest BCUT2D eigenvalue weighted by atomic mass is 9.96. The Hall–Kier alpha value is -1.81. The molecule has 4 nitrogen and oxygen atoms in total. The molecule has 0 saturated heterocycles. The smallest absolute Gasteiger partial charge is 0.375 e. The van der Waals surface area contributed by atoms with Crippen molar-refractivity contribution < 1.29 is 19.1 Å². The average molecular weight is 274 g/mol. The molecule has 0 aliphatic carbocycles. The number of nitrogens with zero attached hydrogens (tertiary/aromatic N) is 1. The normalized spacial score (nSPS) is 17.9. The Morgan fingerprint density at radius 2 is 2.05 bits per heavy atom. The van der Waals surface area contributed by atoms with Crippen LogP contribution in [0.4, 0.5) is 0 Å². The fourth-order valence-electron chi connectivity index (χ4n) is 2.85. The maximum absolute atomic E-state index is 10.2. The summed E-state index contributed by atoms with van der Waals surface area (Å²) in [7, 11) is 3.66. The van der Waals surface area contributed by atoms with Gasteiger partial charge in [-0.3, -0.25) is 0 Å². The fraction of sp³-hybridized carbons (Fsp3) is 0.438. The molecule has 2 aromatic rings. The van der Waals surface area contributed by atoms with E-state index in [2.05, 4.69) is 0 Å². The lowest BCUT2D eigenvalue weighted by molar-refractivity contribution is -0.651. The highest BCUT2D eigenvalue weighted by Gasteiger charge is 2.42. The van der Waals surface area contributed by atoms with Crippen LogP contribution in [0.3, 0.4) is 0 Å². The molecular formula is C16H20NO3+. The van der Waals surface area contributed by atoms with Gasteiger partial charge in [-0.1, -0.05) is 12.1 Å². The SMILES string of the molecule is COc1c2c([n+](C)c3ccccc13)O[C@H](C(C)(C)O)C2. The van der Waals surface area contributed by atoms with Gasteiger partial charge in [0.2, 0.25) is 5.52 Å². The number of hydrogen-bond donors (Lipinski definition) is 1. The van der Waals surface area contributed by atoms with E-state index in [1.165, 1.54) is 0 Å². The zero-order chi connectivity index (χ0) is 14.5. The summed E-state index contributed by atoms with van der Waals surface area (Å²) in [5, 5.41) is 11.3. The van der Waals surface area contributed by atoms with Gasteiger partial charge in [0.15, 0.2) is 0 Å². The van der Waals surface area contributed by atoms with Crippen LogP contribution in [0.25, 0.3) is 10.9 Å². The maximum atomic E-state index is 10.2. The van der Waals surface area contributed by atoms with Crippen molar-refractivity contribution >= 4 is 10.9 Å². The maximum Gasteiger partial charge on any atom is 0.375 e. The highest BCUT2D eigenvalue weighted by Crippen LogP contribution is 2.40. The first-order valence-electron chi connectivity index (χ1n) is 6.80. The number of pyridine rings is 1. The number of para-hydroxylation sites is 1. The monoisotopic (exact) mass is 274 g/mol. The Bertz CT molecular complexity index is 673. The number of methoxy groups -OCH3 is 1. The highest BCUT2D eigenvalue weighted by molar-refractivity contribution is 5.84. The van der Waals surface area contributed by atoms with Gasteiger partial charge in [-0.2, -0.15) is 4.57 Å². The molecule has 1 atom stereocenters. The van der Waals surface area contributed by atoms with Crippen molar-refractivity contribution in [3.05, 3.63) is 29.8 Å². The van der Waals surface area contributed by atoms with Gasteiger partial charge in [0.25, 0.3) is 0 Å². The average Bonchev–Trinajstić information content (AvgIpc) is 2.85. The molecule has 0 bridgehead atoms. The Morgan fingerprint density at radius 3 is 2.70 bits per heavy atom. The minimum absolute atomic E-state index is 0.255. The quantitative estimate of drug-likeness (QED) is 0.848. The second-order valence-electron chi connectivity index (χ2n) is 5.86. The molecule has 1 aromatic heterocycles. The number of aromatic nitrogens is 1. The van der Waals surface area contributed by atoms with Gasteiger partial charge in [-0.15, -0.1) is 0 Å². The predicted octanol–water partition coefficient (Wildman–Crippen LogP) is 1.75. The molecule has 106 valence electrons. The molecule has 0 amide bonds. The van der Waals surface area contributed by atoms with E-state index in [1.54, 1.807) is 21.0 Å². The van der Waals surface area contributed by atoms with E-state index >= 15 is 0 Å². The van der Waals surface area contributed by atoms with Crippen LogP contribution in [0, 0.1) is 0 Å². The molecule has 0 fully saturated rings. The van der Waals surface area contributed by atoms with Crippen LogP contribution in [0.2, 0.25) is 0 Å². The van der Waals surface area contributed by atoms with Crippen molar-refractivity contribution in [2.45, 2.75) is 32.0 Å². The number of aliphatic hydroxyl groups is 1. The van der Waals surface area contributed by atoms with Crippen LogP contribution in [0.5, 0.6) is 11.6 Å². The Kier molecular flexibility index (Phi) is 2.87. The lowest BCUT2D eigenvalue weighted by Crippen LogP contribution is -2.41. The second-order valence-corrected chi connectivity index (χ2v) is 5.86. The van der Waals surface area contributed by atoms with E-state index in [1.807, 2.05) is 35.9 Å². The van der Waals surface area contributed by atoms with Crippen molar-refractivity contribution in [3.8, 4) is 11.6 Å². The van der Waals surface area contributed by atoms with Crippen LogP contribution in [-0.2, 0) is 13.5 Å². The standard InChI is InChI=1S/C16H20NO3/c1-16(2,18)13-9-11-14(19-4)10-7-5-6-8-12(10)17(3)15(11)20-13/h5-8,13,18H,9H2,1-4H3/q+1/t13-/m0/s1. The largest absolute Gasteiger partial charge is 0.495 e. The number of aryl methyl sites for hydroxylation is 1. The first-order valence-corrected chi connectivity index (χ1v) is 6.80. The van der Waals surface area contributed by atoms with Crippen LogP contribution in [0.1, 0.15) is 19.4 Å². The summed E-state index contributed by atoms with van der Waals surface area (Å²) in [5.41, 5.74) is 1.20. The second kappa shape index (κ2) is 4.35. The first kappa shape index (κ1) is 13.2. The topological polar surface area (TPSA) is 42.6 Å². The molecule has 4 heteroatoms. The highest BCUT2D eigenvalue weighted by atomic mass is 16.5. The fourth-order valence-corrected chi connectivity index (χ4v) is 2.85. The van der Waals surface area contributed by atoms with Gasteiger partial charge < -0.3 is 14.6 Å². The first-order chi connectivity index (χ1) is 9.43. The van der Waals surface area contributed by atoms with Crippen molar-refractivity contribution in [3.63, 3.8) is 0 Å². The number of fused-ring (bicyclic) bond motifs is 2. The Labute approximate surface area is 118 Å². The van der Waals surface area contributed by atoms with E-state index in [0.29, 0.717) is 6.42 Å². The summed E-state index contributed by atoms with van der Waals surface area (Å²) in [6.07, 6.45) is 0.398. The molecule has 3 rings (SSSR count). The molecule has 1 N–H and O–H groups in total. The third-order valence-corrected chi connectivity index (χ3v) is 3.98. The molecule has 0 spiro atoms. The predicted molar refractivity (Wildman–Crippen MR) is 76.1 cm³/mol. The summed E-state index contributed by atoms with van der Waals surface area (Å²) in [5.74, 6) is 1.63. The van der Waals surface area contributed by atoms with E-state index in [9.17, 15) is 5.11 Å². The molecule has 1 aromatic carbocycles. The van der Waals surface area contributed by atoms with Gasteiger partial charge >= 0.3 is 5.88 Å². The van der Waals surface area contributed by atoms with E-state index in [0.717, 1.165) is 28.1 Å². The molecule has 0 unspecified atom stereocenters. The molecule has 1 aliphatic rings. The zero-order valence-electron chi connectivity index (χ0n) is 12.3. The van der Waals surface area contributed by atoms with Gasteiger partial charge in [-0.05, 0) is 19.9 Å². The van der Waals surface area contributed by atoms with Crippen LogP contribution in [-0.4, -0.2) is 23.9 Å². The third-order valence-electron chi connectivity index (χ3n) is 3.98. The van der Waals surface area contributed by atoms with Gasteiger partial charge in [-0.25, -0.2) is 0 Å². The van der Waals surface area contributed by atoms with E-state index in [-0.39, 0.29) is 6.10 Å². The minimum atomic E-state index is -0.886. The van der Waals surface area contributed by atoms with Crippen molar-refractivity contribution in [1.82, 2.24) is 0 Å². The molecular weight excluding hydrogens is 254 g/mol. The molecule has 0 radical (unpaired) electrons. The van der Waals surface area contributed by atoms with Gasteiger partial charge in [0.1, 0.15) is 24.5 Å². The molecule has 1 aliphatic heterocycles. The summed E-state index contributed by atoms with van der Waals surface area (Å²) in [4.78, 5) is 0. The number of rotatable bonds is 2. The van der Waals surface area contributed by atoms with E-state index < -0.39 is 5.60 Å². The van der Waals surface area contributed by atoms with Crippen LogP contribution in [0.15, 0.2) is 24.3 Å². The summed E-state index contributed by atoms with van der Waals surface area (Å²) in [6.45, 7) is 3.55. The Morgan fingerprint density at radius 1 is 1.35 bits per heavy atom. The van der Waals surface area contributed by atoms with Crippen LogP contribution < -0.4 is 14.0 Å². The number of hydrogen-bond acceptors (Lipinski definition) is 3. The van der Waals surface area contributed by atoms with Crippen molar-refractivity contribution in [2.75, 3.05) is 7.11 Å². The van der Waals surface area contributed by atoms with Crippen molar-refractivity contribution in [1.29, 1.82) is 0 Å². The summed E-state index contributed by atoms with van der Waals surface area (Å²) >= 11 is 0. The summed E-state index contributed by atoms with van der Waals surface area (Å²) in [6, 6.07) is 8.09. The number of benzene rings is 1. The summed E-state index contributed by atoms with van der Waals surface area (Å²) < 4.78 is 13.6. The van der Waals surface area contributed by atoms with Gasteiger partial charge in [0, 0.05) is 12.5 Å². The zero-order valence-corrected chi connectivity index (χ0v) is 12.3. The van der Waals surface area contributed by atoms with Crippen LogP contribution >= 0.6 is 0 Å². The third kappa shape index (κ3) is 1.83. The van der Waals surface area contributed by atoms with E-state index in [4.69, 9.17) is 9.47 Å². The molecule has 2 heterocycles. The molecule has 0 saturated carbocycles. The minimum Gasteiger partial charge on any atom is -0.495 e.